The van der Waals surface area contributed by atoms with Crippen LogP contribution in [0.25, 0.3) is 0 Å². The van der Waals surface area contributed by atoms with Gasteiger partial charge in [0, 0.05) is 4.88 Å². The van der Waals surface area contributed by atoms with Gasteiger partial charge in [0.05, 0.1) is 12.0 Å². The van der Waals surface area contributed by atoms with E-state index in [1.165, 1.54) is 29.5 Å². The lowest BCUT2D eigenvalue weighted by Crippen LogP contribution is -2.21. The molecule has 5 nitrogen and oxygen atoms in total. The Kier molecular flexibility index (Phi) is 5.87. The van der Waals surface area contributed by atoms with Crippen molar-refractivity contribution in [3.05, 3.63) is 51.7 Å². The van der Waals surface area contributed by atoms with Crippen molar-refractivity contribution >= 4 is 28.2 Å². The summed E-state index contributed by atoms with van der Waals surface area (Å²) >= 11 is 1.41. The van der Waals surface area contributed by atoms with Gasteiger partial charge in [0.2, 0.25) is 0 Å². The van der Waals surface area contributed by atoms with Crippen molar-refractivity contribution in [2.75, 3.05) is 11.9 Å². The first-order valence-corrected chi connectivity index (χ1v) is 9.53. The maximum atomic E-state index is 13.5. The predicted octanol–water partition coefficient (Wildman–Crippen LogP) is 3.61. The number of fused-ring (bicyclic) bond motifs is 1. The van der Waals surface area contributed by atoms with Crippen molar-refractivity contribution in [3.63, 3.8) is 0 Å². The first kappa shape index (κ1) is 19.1. The smallest absolute Gasteiger partial charge is 0.310 e. The molecule has 0 unspecified atom stereocenters. The molecule has 27 heavy (non-hydrogen) atoms. The van der Waals surface area contributed by atoms with Crippen LogP contribution in [0.3, 0.4) is 0 Å². The Bertz CT molecular complexity index is 916. The summed E-state index contributed by atoms with van der Waals surface area (Å²) in [6.07, 6.45) is 2.53. The second-order valence-corrected chi connectivity index (χ2v) is 7.75. The zero-order chi connectivity index (χ0) is 19.4. The SMILES string of the molecule is C[C@H]1CCc2c(sc(NC(=O)COC(=O)Cc3ccccc3F)c2C#N)C1. The highest BCUT2D eigenvalue weighted by molar-refractivity contribution is 7.16. The molecule has 0 aliphatic heterocycles. The van der Waals surface area contributed by atoms with Gasteiger partial charge in [-0.25, -0.2) is 4.39 Å². The molecule has 0 spiro atoms. The number of halogens is 1. The molecule has 1 N–H and O–H groups in total. The van der Waals surface area contributed by atoms with Gasteiger partial charge < -0.3 is 10.1 Å². The van der Waals surface area contributed by atoms with Crippen LogP contribution in [0.5, 0.6) is 0 Å². The number of amides is 1. The van der Waals surface area contributed by atoms with Gasteiger partial charge >= 0.3 is 5.97 Å². The number of ether oxygens (including phenoxy) is 1. The molecule has 1 aromatic heterocycles. The normalized spacial score (nSPS) is 15.5. The Labute approximate surface area is 160 Å². The van der Waals surface area contributed by atoms with Gasteiger partial charge in [-0.15, -0.1) is 11.3 Å². The van der Waals surface area contributed by atoms with Crippen molar-refractivity contribution in [3.8, 4) is 6.07 Å². The van der Waals surface area contributed by atoms with E-state index in [1.54, 1.807) is 6.07 Å². The fourth-order valence-corrected chi connectivity index (χ4v) is 4.49. The van der Waals surface area contributed by atoms with Crippen LogP contribution in [0, 0.1) is 23.1 Å². The molecule has 7 heteroatoms. The third kappa shape index (κ3) is 4.52. The van der Waals surface area contributed by atoms with Crippen molar-refractivity contribution in [2.45, 2.75) is 32.6 Å². The third-order valence-corrected chi connectivity index (χ3v) is 5.70. The zero-order valence-electron chi connectivity index (χ0n) is 14.9. The van der Waals surface area contributed by atoms with Crippen LogP contribution in [0.15, 0.2) is 24.3 Å². The molecular formula is C20H19FN2O3S. The number of esters is 1. The minimum atomic E-state index is -0.685. The lowest BCUT2D eigenvalue weighted by atomic mass is 9.89. The van der Waals surface area contributed by atoms with Crippen LogP contribution in [0.2, 0.25) is 0 Å². The number of carbonyl (C=O) groups is 2. The molecule has 0 bridgehead atoms. The highest BCUT2D eigenvalue weighted by Gasteiger charge is 2.24. The van der Waals surface area contributed by atoms with E-state index >= 15 is 0 Å². The van der Waals surface area contributed by atoms with Gasteiger partial charge in [-0.2, -0.15) is 5.26 Å². The minimum absolute atomic E-state index is 0.217. The molecule has 1 aliphatic rings. The fraction of sp³-hybridized carbons (Fsp3) is 0.350. The second-order valence-electron chi connectivity index (χ2n) is 6.64. The fourth-order valence-electron chi connectivity index (χ4n) is 3.11. The average molecular weight is 386 g/mol. The highest BCUT2D eigenvalue weighted by atomic mass is 32.1. The Morgan fingerprint density at radius 1 is 1.41 bits per heavy atom. The number of anilines is 1. The summed E-state index contributed by atoms with van der Waals surface area (Å²) < 4.78 is 18.5. The third-order valence-electron chi connectivity index (χ3n) is 4.53. The van der Waals surface area contributed by atoms with Crippen LogP contribution in [0.4, 0.5) is 9.39 Å². The summed E-state index contributed by atoms with van der Waals surface area (Å²) in [5.74, 6) is -1.13. The summed E-state index contributed by atoms with van der Waals surface area (Å²) in [6.45, 7) is 1.69. The maximum Gasteiger partial charge on any atom is 0.310 e. The summed E-state index contributed by atoms with van der Waals surface area (Å²) in [5.41, 5.74) is 1.75. The number of nitriles is 1. The zero-order valence-corrected chi connectivity index (χ0v) is 15.7. The molecule has 3 rings (SSSR count). The molecule has 1 aromatic carbocycles. The van der Waals surface area contributed by atoms with E-state index in [9.17, 15) is 19.2 Å². The predicted molar refractivity (Wildman–Crippen MR) is 99.9 cm³/mol. The summed E-state index contributed by atoms with van der Waals surface area (Å²) in [7, 11) is 0. The topological polar surface area (TPSA) is 79.2 Å². The number of nitrogens with one attached hydrogen (secondary N) is 1. The Balaban J connectivity index is 1.58. The number of hydrogen-bond donors (Lipinski definition) is 1. The molecule has 0 fully saturated rings. The number of thiophene rings is 1. The van der Waals surface area contributed by atoms with Crippen molar-refractivity contribution in [1.82, 2.24) is 0 Å². The molecule has 0 saturated carbocycles. The molecule has 2 aromatic rings. The highest BCUT2D eigenvalue weighted by Crippen LogP contribution is 2.39. The maximum absolute atomic E-state index is 13.5. The van der Waals surface area contributed by atoms with Gasteiger partial charge in [0.1, 0.15) is 16.9 Å². The van der Waals surface area contributed by atoms with Crippen molar-refractivity contribution < 1.29 is 18.7 Å². The van der Waals surface area contributed by atoms with E-state index < -0.39 is 24.3 Å². The number of hydrogen-bond acceptors (Lipinski definition) is 5. The van der Waals surface area contributed by atoms with Crippen LogP contribution in [0.1, 0.15) is 34.9 Å². The molecule has 1 heterocycles. The van der Waals surface area contributed by atoms with E-state index in [0.717, 1.165) is 29.7 Å². The average Bonchev–Trinajstić information content (AvgIpc) is 2.97. The van der Waals surface area contributed by atoms with E-state index in [-0.39, 0.29) is 12.0 Å². The monoisotopic (exact) mass is 386 g/mol. The lowest BCUT2D eigenvalue weighted by molar-refractivity contribution is -0.146. The van der Waals surface area contributed by atoms with E-state index in [2.05, 4.69) is 18.3 Å². The summed E-state index contributed by atoms with van der Waals surface area (Å²) in [6, 6.07) is 8.09. The number of rotatable bonds is 5. The first-order valence-electron chi connectivity index (χ1n) is 8.71. The van der Waals surface area contributed by atoms with Crippen LogP contribution < -0.4 is 5.32 Å². The van der Waals surface area contributed by atoms with Gasteiger partial charge in [0.25, 0.3) is 5.91 Å². The van der Waals surface area contributed by atoms with Gasteiger partial charge in [-0.1, -0.05) is 25.1 Å². The lowest BCUT2D eigenvalue weighted by Gasteiger charge is -2.17. The Morgan fingerprint density at radius 2 is 2.19 bits per heavy atom. The Hall–Kier alpha value is -2.72. The molecule has 0 radical (unpaired) electrons. The van der Waals surface area contributed by atoms with E-state index in [1.807, 2.05) is 0 Å². The first-order chi connectivity index (χ1) is 13.0. The van der Waals surface area contributed by atoms with Crippen LogP contribution in [-0.2, 0) is 33.6 Å². The summed E-state index contributed by atoms with van der Waals surface area (Å²) in [4.78, 5) is 25.1. The molecule has 140 valence electrons. The quantitative estimate of drug-likeness (QED) is 0.796. The van der Waals surface area contributed by atoms with Crippen LogP contribution >= 0.6 is 11.3 Å². The van der Waals surface area contributed by atoms with Crippen molar-refractivity contribution in [2.24, 2.45) is 5.92 Å². The Morgan fingerprint density at radius 3 is 2.93 bits per heavy atom. The van der Waals surface area contributed by atoms with Gasteiger partial charge in [-0.05, 0) is 42.4 Å². The number of nitrogens with zero attached hydrogens (tertiary/aromatic N) is 1. The second kappa shape index (κ2) is 8.31. The molecule has 1 aliphatic carbocycles. The molecular weight excluding hydrogens is 367 g/mol. The standard InChI is InChI=1S/C20H19FN2O3S/c1-12-6-7-14-15(10-22)20(27-17(14)8-12)23-18(24)11-26-19(25)9-13-4-2-3-5-16(13)21/h2-5,12H,6-9,11H2,1H3,(H,23,24)/t12-/m0/s1. The van der Waals surface area contributed by atoms with E-state index in [4.69, 9.17) is 4.74 Å². The van der Waals surface area contributed by atoms with Crippen LogP contribution in [-0.4, -0.2) is 18.5 Å². The molecule has 1 amide bonds. The van der Waals surface area contributed by atoms with Gasteiger partial charge in [-0.3, -0.25) is 9.59 Å². The summed E-state index contributed by atoms with van der Waals surface area (Å²) in [5, 5.41) is 12.6. The minimum Gasteiger partial charge on any atom is -0.455 e. The largest absolute Gasteiger partial charge is 0.455 e. The van der Waals surface area contributed by atoms with E-state index in [0.29, 0.717) is 16.5 Å². The number of benzene rings is 1. The number of carbonyl (C=O) groups excluding carboxylic acids is 2. The molecule has 1 atom stereocenters. The molecule has 0 saturated heterocycles. The van der Waals surface area contributed by atoms with Gasteiger partial charge in [0.15, 0.2) is 6.61 Å². The van der Waals surface area contributed by atoms with Crippen molar-refractivity contribution in [1.29, 1.82) is 5.26 Å².